The second-order valence-electron chi connectivity index (χ2n) is 10.4. The zero-order chi connectivity index (χ0) is 27.8. The molecule has 2 aliphatic rings. The van der Waals surface area contributed by atoms with E-state index in [1.165, 1.54) is 40.0 Å². The van der Waals surface area contributed by atoms with Crippen molar-refractivity contribution in [2.24, 2.45) is 0 Å². The first-order chi connectivity index (χ1) is 18.6. The van der Waals surface area contributed by atoms with Gasteiger partial charge in [-0.05, 0) is 49.6 Å². The van der Waals surface area contributed by atoms with Gasteiger partial charge in [0.1, 0.15) is 5.82 Å². The first-order valence-corrected chi connectivity index (χ1v) is 13.4. The quantitative estimate of drug-likeness (QED) is 0.284. The monoisotopic (exact) mass is 555 g/mol. The number of carbonyl (C=O) groups excluding carboxylic acids is 3. The summed E-state index contributed by atoms with van der Waals surface area (Å²) in [5.41, 5.74) is 1.73. The Hall–Kier alpha value is -3.47. The lowest BCUT2D eigenvalue weighted by molar-refractivity contribution is -0.125. The molecular formula is C28H31ClFN5O4. The van der Waals surface area contributed by atoms with Crippen LogP contribution in [0.25, 0.3) is 10.9 Å². The van der Waals surface area contributed by atoms with Crippen molar-refractivity contribution in [1.82, 2.24) is 19.4 Å². The molecule has 2 aliphatic heterocycles. The molecule has 2 unspecified atom stereocenters. The number of likely N-dealkylation sites (tertiary alicyclic amines) is 1. The minimum atomic E-state index is -0.751. The van der Waals surface area contributed by atoms with Crippen molar-refractivity contribution in [2.75, 3.05) is 38.6 Å². The summed E-state index contributed by atoms with van der Waals surface area (Å²) in [5.74, 6) is 4.06. The summed E-state index contributed by atoms with van der Waals surface area (Å²) >= 11 is 6.55. The zero-order valence-electron chi connectivity index (χ0n) is 21.6. The molecule has 2 saturated heterocycles. The number of aliphatic hydroxyl groups excluding tert-OH is 1. The summed E-state index contributed by atoms with van der Waals surface area (Å²) in [6, 6.07) is 9.37. The van der Waals surface area contributed by atoms with E-state index >= 15 is 0 Å². The van der Waals surface area contributed by atoms with Crippen LogP contribution in [0, 0.1) is 5.82 Å². The third-order valence-electron chi connectivity index (χ3n) is 7.55. The van der Waals surface area contributed by atoms with Gasteiger partial charge in [0.25, 0.3) is 17.6 Å². The van der Waals surface area contributed by atoms with E-state index in [1.54, 1.807) is 17.0 Å². The van der Waals surface area contributed by atoms with E-state index < -0.39 is 17.8 Å². The van der Waals surface area contributed by atoms with Gasteiger partial charge in [-0.15, -0.1) is 0 Å². The van der Waals surface area contributed by atoms with Gasteiger partial charge in [0.2, 0.25) is 0 Å². The number of ketones is 1. The van der Waals surface area contributed by atoms with Crippen LogP contribution in [0.2, 0.25) is 5.02 Å². The van der Waals surface area contributed by atoms with Crippen LogP contribution in [0.4, 0.5) is 4.39 Å². The maximum absolute atomic E-state index is 13.8. The number of β-amino-alcohol motifs (C(OH)–C–C–N with tert-alkyl or cyclic N) is 1. The number of nitrogens with zero attached hydrogens (tertiary/aromatic N) is 4. The number of amides is 2. The van der Waals surface area contributed by atoms with Crippen molar-refractivity contribution in [3.05, 3.63) is 70.1 Å². The molecule has 2 aromatic carbocycles. The molecule has 1 aromatic heterocycles. The highest BCUT2D eigenvalue weighted by atomic mass is 35.5. The normalized spacial score (nSPS) is 20.4. The van der Waals surface area contributed by atoms with Gasteiger partial charge in [0.05, 0.1) is 27.8 Å². The van der Waals surface area contributed by atoms with Crippen molar-refractivity contribution in [1.29, 1.82) is 0 Å². The molecule has 0 bridgehead atoms. The number of fused-ring (bicyclic) bond motifs is 1. The predicted octanol–water partition coefficient (Wildman–Crippen LogP) is 2.66. The second kappa shape index (κ2) is 11.0. The minimum Gasteiger partial charge on any atom is -0.391 e. The molecule has 2 amide bonds. The van der Waals surface area contributed by atoms with Gasteiger partial charge in [0, 0.05) is 56.9 Å². The number of aliphatic hydroxyl groups is 1. The van der Waals surface area contributed by atoms with Crippen molar-refractivity contribution in [3.63, 3.8) is 0 Å². The van der Waals surface area contributed by atoms with Crippen molar-refractivity contribution >= 4 is 40.1 Å². The molecule has 3 N–H and O–H groups in total. The summed E-state index contributed by atoms with van der Waals surface area (Å²) in [6.45, 7) is 4.95. The fraction of sp³-hybridized carbons (Fsp3) is 0.393. The van der Waals surface area contributed by atoms with E-state index in [0.717, 1.165) is 18.5 Å². The van der Waals surface area contributed by atoms with Crippen molar-refractivity contribution in [3.8, 4) is 0 Å². The molecule has 2 fully saturated rings. The van der Waals surface area contributed by atoms with Crippen LogP contribution in [-0.4, -0.2) is 86.9 Å². The van der Waals surface area contributed by atoms with E-state index in [4.69, 9.17) is 17.4 Å². The average Bonchev–Trinajstić information content (AvgIpc) is 3.42. The summed E-state index contributed by atoms with van der Waals surface area (Å²) < 4.78 is 14.5. The van der Waals surface area contributed by atoms with E-state index in [0.29, 0.717) is 43.5 Å². The van der Waals surface area contributed by atoms with Crippen LogP contribution in [0.15, 0.2) is 42.6 Å². The Bertz CT molecular complexity index is 1430. The topological polar surface area (TPSA) is 112 Å². The highest BCUT2D eigenvalue weighted by molar-refractivity contribution is 6.45. The Morgan fingerprint density at radius 1 is 1.08 bits per heavy atom. The van der Waals surface area contributed by atoms with Crippen LogP contribution in [-0.2, 0) is 11.3 Å². The van der Waals surface area contributed by atoms with Gasteiger partial charge in [-0.3, -0.25) is 24.0 Å². The van der Waals surface area contributed by atoms with Gasteiger partial charge in [-0.1, -0.05) is 23.7 Å². The summed E-state index contributed by atoms with van der Waals surface area (Å²) in [5, 5.41) is 10.3. The smallest absolute Gasteiger partial charge is 0.295 e. The highest BCUT2D eigenvalue weighted by Crippen LogP contribution is 2.30. The molecule has 206 valence electrons. The van der Waals surface area contributed by atoms with Gasteiger partial charge in [0.15, 0.2) is 0 Å². The van der Waals surface area contributed by atoms with E-state index in [-0.39, 0.29) is 40.5 Å². The fourth-order valence-electron chi connectivity index (χ4n) is 5.50. The lowest BCUT2D eigenvalue weighted by atomic mass is 10.0. The lowest BCUT2D eigenvalue weighted by Gasteiger charge is -2.29. The van der Waals surface area contributed by atoms with Crippen LogP contribution >= 0.6 is 11.6 Å². The molecule has 2 atom stereocenters. The van der Waals surface area contributed by atoms with Crippen LogP contribution in [0.1, 0.15) is 46.0 Å². The molecule has 5 rings (SSSR count). The number of aromatic nitrogens is 1. The largest absolute Gasteiger partial charge is 0.391 e. The third-order valence-corrected chi connectivity index (χ3v) is 7.86. The minimum absolute atomic E-state index is 0.0824. The lowest BCUT2D eigenvalue weighted by Crippen LogP contribution is -2.42. The Morgan fingerprint density at radius 3 is 2.51 bits per heavy atom. The number of carbonyl (C=O) groups is 3. The molecule has 0 spiro atoms. The number of rotatable bonds is 5. The standard InChI is InChI=1S/C28H31ClFN5O4/c1-17-13-32(14-18-3-5-19(30)6-4-18)8-2-9-34(17)27(38)22-11-21-23(16-35(31)25(21)12-24(22)29)26(37)28(39)33-10-7-20(36)15-33/h3-6,11-12,16-17,20,36H,2,7-10,13-15,31H2,1H3. The first kappa shape index (κ1) is 27.1. The Balaban J connectivity index is 1.38. The van der Waals surface area contributed by atoms with Gasteiger partial charge >= 0.3 is 0 Å². The molecule has 0 radical (unpaired) electrons. The summed E-state index contributed by atoms with van der Waals surface area (Å²) in [4.78, 5) is 45.1. The number of hydrogen-bond acceptors (Lipinski definition) is 6. The molecule has 0 aliphatic carbocycles. The molecule has 0 saturated carbocycles. The Morgan fingerprint density at radius 2 is 1.82 bits per heavy atom. The Labute approximate surface area is 230 Å². The Kier molecular flexibility index (Phi) is 7.61. The highest BCUT2D eigenvalue weighted by Gasteiger charge is 2.33. The number of hydrogen-bond donors (Lipinski definition) is 2. The number of Topliss-reactive ketones (excluding diaryl/α,β-unsaturated/α-hetero) is 1. The number of benzene rings is 2. The molecule has 11 heteroatoms. The number of nitrogens with two attached hydrogens (primary N) is 1. The van der Waals surface area contributed by atoms with Crippen LogP contribution < -0.4 is 5.84 Å². The number of halogens is 2. The summed E-state index contributed by atoms with van der Waals surface area (Å²) in [6.07, 6.45) is 1.88. The van der Waals surface area contributed by atoms with E-state index in [1.807, 2.05) is 6.92 Å². The second-order valence-corrected chi connectivity index (χ2v) is 10.8. The molecule has 3 aromatic rings. The average molecular weight is 556 g/mol. The van der Waals surface area contributed by atoms with Crippen molar-refractivity contribution in [2.45, 2.75) is 38.5 Å². The van der Waals surface area contributed by atoms with Gasteiger partial charge < -0.3 is 20.7 Å². The SMILES string of the molecule is CC1CN(Cc2ccc(F)cc2)CCCN1C(=O)c1cc2c(C(=O)C(=O)N3CCC(O)C3)cn(N)c2cc1Cl. The third kappa shape index (κ3) is 5.50. The van der Waals surface area contributed by atoms with Gasteiger partial charge in [-0.2, -0.15) is 0 Å². The van der Waals surface area contributed by atoms with Crippen LogP contribution in [0.5, 0.6) is 0 Å². The molecule has 3 heterocycles. The molecule has 39 heavy (non-hydrogen) atoms. The van der Waals surface area contributed by atoms with Crippen LogP contribution in [0.3, 0.4) is 0 Å². The zero-order valence-corrected chi connectivity index (χ0v) is 22.4. The summed E-state index contributed by atoms with van der Waals surface area (Å²) in [7, 11) is 0. The van der Waals surface area contributed by atoms with E-state index in [2.05, 4.69) is 4.90 Å². The van der Waals surface area contributed by atoms with E-state index in [9.17, 15) is 23.9 Å². The molecule has 9 nitrogen and oxygen atoms in total. The predicted molar refractivity (Wildman–Crippen MR) is 145 cm³/mol. The van der Waals surface area contributed by atoms with Crippen molar-refractivity contribution < 1.29 is 23.9 Å². The maximum Gasteiger partial charge on any atom is 0.295 e. The van der Waals surface area contributed by atoms with Gasteiger partial charge in [-0.25, -0.2) is 4.39 Å². The molecular weight excluding hydrogens is 525 g/mol. The first-order valence-electron chi connectivity index (χ1n) is 13.0. The maximum atomic E-state index is 13.8. The number of nitrogen functional groups attached to an aromatic ring is 1. The fourth-order valence-corrected chi connectivity index (χ4v) is 5.74.